The molecule has 24 heavy (non-hydrogen) atoms. The van der Waals surface area contributed by atoms with E-state index in [4.69, 9.17) is 18.9 Å². The minimum atomic E-state index is -0.508. The molecule has 7 nitrogen and oxygen atoms in total. The largest absolute Gasteiger partial charge is 0.490 e. The molecule has 0 spiro atoms. The zero-order valence-corrected chi connectivity index (χ0v) is 14.2. The maximum atomic E-state index is 11.5. The molecule has 0 unspecified atom stereocenters. The van der Waals surface area contributed by atoms with Crippen LogP contribution in [0.25, 0.3) is 10.8 Å². The number of hydrogen-bond acceptors (Lipinski definition) is 7. The number of nitrogens with one attached hydrogen (secondary N) is 1. The van der Waals surface area contributed by atoms with Crippen molar-refractivity contribution in [3.8, 4) is 23.0 Å². The minimum absolute atomic E-state index is 0.171. The lowest BCUT2D eigenvalue weighted by molar-refractivity contribution is -0.133. The van der Waals surface area contributed by atoms with Gasteiger partial charge in [0.15, 0.2) is 11.5 Å². The van der Waals surface area contributed by atoms with E-state index in [9.17, 15) is 9.59 Å². The molecule has 0 saturated carbocycles. The second-order valence-corrected chi connectivity index (χ2v) is 4.92. The van der Waals surface area contributed by atoms with Crippen LogP contribution in [0, 0.1) is 0 Å². The van der Waals surface area contributed by atoms with Crippen molar-refractivity contribution in [1.82, 2.24) is 0 Å². The quantitative estimate of drug-likeness (QED) is 0.665. The SMILES string of the molecule is CNc1ccc2c(OC(C)=O)c(OC)c(OC)c(OC(C)=O)c2c1. The van der Waals surface area contributed by atoms with E-state index in [2.05, 4.69) is 5.32 Å². The molecule has 0 aliphatic carbocycles. The highest BCUT2D eigenvalue weighted by Crippen LogP contribution is 2.51. The lowest BCUT2D eigenvalue weighted by atomic mass is 10.1. The Labute approximate surface area is 139 Å². The Bertz CT molecular complexity index is 800. The van der Waals surface area contributed by atoms with Gasteiger partial charge < -0.3 is 24.3 Å². The molecule has 2 rings (SSSR count). The van der Waals surface area contributed by atoms with E-state index in [0.29, 0.717) is 10.8 Å². The Balaban J connectivity index is 2.94. The lowest BCUT2D eigenvalue weighted by Crippen LogP contribution is -2.08. The van der Waals surface area contributed by atoms with Gasteiger partial charge in [0.25, 0.3) is 0 Å². The molecule has 0 aliphatic heterocycles. The summed E-state index contributed by atoms with van der Waals surface area (Å²) in [5.74, 6) is -0.264. The van der Waals surface area contributed by atoms with E-state index in [1.807, 2.05) is 0 Å². The Morgan fingerprint density at radius 3 is 1.75 bits per heavy atom. The number of carbonyl (C=O) groups excluding carboxylic acids is 2. The second-order valence-electron chi connectivity index (χ2n) is 4.92. The van der Waals surface area contributed by atoms with E-state index in [0.717, 1.165) is 5.69 Å². The van der Waals surface area contributed by atoms with Gasteiger partial charge in [0.05, 0.1) is 14.2 Å². The lowest BCUT2D eigenvalue weighted by Gasteiger charge is -2.19. The highest BCUT2D eigenvalue weighted by molar-refractivity contribution is 6.02. The first kappa shape index (κ1) is 17.4. The summed E-state index contributed by atoms with van der Waals surface area (Å²) in [6, 6.07) is 5.32. The summed E-state index contributed by atoms with van der Waals surface area (Å²) in [5.41, 5.74) is 0.789. The molecule has 0 heterocycles. The van der Waals surface area contributed by atoms with Gasteiger partial charge >= 0.3 is 11.9 Å². The molecular weight excluding hydrogens is 314 g/mol. The summed E-state index contributed by atoms with van der Waals surface area (Å²) in [6.07, 6.45) is 0. The summed E-state index contributed by atoms with van der Waals surface area (Å²) in [6.45, 7) is 2.58. The first-order valence-corrected chi connectivity index (χ1v) is 7.19. The standard InChI is InChI=1S/C17H19NO6/c1-9(19)23-14-12-7-6-11(18-3)8-13(12)15(24-10(2)20)17(22-5)16(14)21-4/h6-8,18H,1-5H3. The topological polar surface area (TPSA) is 83.1 Å². The number of benzene rings is 2. The Hall–Kier alpha value is -2.96. The molecule has 128 valence electrons. The summed E-state index contributed by atoms with van der Waals surface area (Å²) in [7, 11) is 4.59. The van der Waals surface area contributed by atoms with Gasteiger partial charge in [-0.1, -0.05) is 0 Å². The van der Waals surface area contributed by atoms with E-state index >= 15 is 0 Å². The maximum absolute atomic E-state index is 11.5. The third-order valence-electron chi connectivity index (χ3n) is 3.32. The van der Waals surface area contributed by atoms with Crippen LogP contribution in [0.3, 0.4) is 0 Å². The number of methoxy groups -OCH3 is 2. The van der Waals surface area contributed by atoms with Crippen molar-refractivity contribution in [2.24, 2.45) is 0 Å². The van der Waals surface area contributed by atoms with Crippen molar-refractivity contribution < 1.29 is 28.5 Å². The Morgan fingerprint density at radius 2 is 1.33 bits per heavy atom. The van der Waals surface area contributed by atoms with Gasteiger partial charge in [-0.05, 0) is 18.2 Å². The van der Waals surface area contributed by atoms with E-state index in [1.54, 1.807) is 25.2 Å². The van der Waals surface area contributed by atoms with Crippen LogP contribution >= 0.6 is 0 Å². The molecule has 0 bridgehead atoms. The van der Waals surface area contributed by atoms with Gasteiger partial charge in [0.2, 0.25) is 11.5 Å². The molecule has 0 atom stereocenters. The van der Waals surface area contributed by atoms with Crippen molar-refractivity contribution in [3.63, 3.8) is 0 Å². The summed E-state index contributed by atoms with van der Waals surface area (Å²) >= 11 is 0. The van der Waals surface area contributed by atoms with Gasteiger partial charge in [-0.15, -0.1) is 0 Å². The number of rotatable bonds is 5. The summed E-state index contributed by atoms with van der Waals surface area (Å²) in [5, 5.41) is 4.11. The minimum Gasteiger partial charge on any atom is -0.490 e. The zero-order chi connectivity index (χ0) is 17.9. The zero-order valence-electron chi connectivity index (χ0n) is 14.2. The maximum Gasteiger partial charge on any atom is 0.308 e. The van der Waals surface area contributed by atoms with Gasteiger partial charge in [0.1, 0.15) is 0 Å². The molecule has 0 aliphatic rings. The Morgan fingerprint density at radius 1 is 0.833 bits per heavy atom. The first-order chi connectivity index (χ1) is 11.4. The highest BCUT2D eigenvalue weighted by Gasteiger charge is 2.25. The number of anilines is 1. The van der Waals surface area contributed by atoms with Gasteiger partial charge in [-0.3, -0.25) is 9.59 Å². The molecule has 2 aromatic carbocycles. The van der Waals surface area contributed by atoms with Gasteiger partial charge in [-0.2, -0.15) is 0 Å². The summed E-state index contributed by atoms with van der Waals surface area (Å²) in [4.78, 5) is 23.0. The third kappa shape index (κ3) is 3.19. The van der Waals surface area contributed by atoms with E-state index < -0.39 is 11.9 Å². The number of carbonyl (C=O) groups is 2. The van der Waals surface area contributed by atoms with Crippen LogP contribution in [0.1, 0.15) is 13.8 Å². The average molecular weight is 333 g/mol. The molecule has 0 amide bonds. The molecular formula is C17H19NO6. The van der Waals surface area contributed by atoms with Crippen molar-refractivity contribution in [1.29, 1.82) is 0 Å². The molecule has 7 heteroatoms. The van der Waals surface area contributed by atoms with Crippen LogP contribution < -0.4 is 24.3 Å². The van der Waals surface area contributed by atoms with Crippen LogP contribution in [-0.4, -0.2) is 33.2 Å². The molecule has 0 aromatic heterocycles. The van der Waals surface area contributed by atoms with Gasteiger partial charge in [-0.25, -0.2) is 0 Å². The van der Waals surface area contributed by atoms with Crippen LogP contribution in [0.15, 0.2) is 18.2 Å². The fraction of sp³-hybridized carbons (Fsp3) is 0.294. The first-order valence-electron chi connectivity index (χ1n) is 7.19. The van der Waals surface area contributed by atoms with Crippen molar-refractivity contribution in [3.05, 3.63) is 18.2 Å². The molecule has 1 N–H and O–H groups in total. The van der Waals surface area contributed by atoms with Crippen LogP contribution in [0.5, 0.6) is 23.0 Å². The molecule has 0 saturated heterocycles. The second kappa shape index (κ2) is 7.08. The Kier molecular flexibility index (Phi) is 5.13. The summed E-state index contributed by atoms with van der Waals surface area (Å²) < 4.78 is 21.4. The number of esters is 2. The molecule has 2 aromatic rings. The predicted molar refractivity (Wildman–Crippen MR) is 89.2 cm³/mol. The normalized spacial score (nSPS) is 10.2. The fourth-order valence-corrected chi connectivity index (χ4v) is 2.40. The van der Waals surface area contributed by atoms with Crippen molar-refractivity contribution in [2.75, 3.05) is 26.6 Å². The monoisotopic (exact) mass is 333 g/mol. The molecule has 0 radical (unpaired) electrons. The van der Waals surface area contributed by atoms with Gasteiger partial charge in [0, 0.05) is 37.4 Å². The van der Waals surface area contributed by atoms with Crippen LogP contribution in [0.4, 0.5) is 5.69 Å². The van der Waals surface area contributed by atoms with Crippen LogP contribution in [-0.2, 0) is 9.59 Å². The molecule has 0 fully saturated rings. The van der Waals surface area contributed by atoms with Crippen molar-refractivity contribution >= 4 is 28.4 Å². The predicted octanol–water partition coefficient (Wildman–Crippen LogP) is 2.75. The highest BCUT2D eigenvalue weighted by atomic mass is 16.6. The van der Waals surface area contributed by atoms with Crippen LogP contribution in [0.2, 0.25) is 0 Å². The smallest absolute Gasteiger partial charge is 0.308 e. The van der Waals surface area contributed by atoms with E-state index in [-0.39, 0.29) is 23.0 Å². The number of hydrogen-bond donors (Lipinski definition) is 1. The third-order valence-corrected chi connectivity index (χ3v) is 3.32. The van der Waals surface area contributed by atoms with Crippen molar-refractivity contribution in [2.45, 2.75) is 13.8 Å². The van der Waals surface area contributed by atoms with E-state index in [1.165, 1.54) is 28.1 Å². The average Bonchev–Trinajstić information content (AvgIpc) is 2.55. The number of fused-ring (bicyclic) bond motifs is 1. The number of ether oxygens (including phenoxy) is 4. The fourth-order valence-electron chi connectivity index (χ4n) is 2.40.